The molecule has 0 saturated heterocycles. The van der Waals surface area contributed by atoms with Crippen LogP contribution in [0, 0.1) is 11.6 Å². The minimum atomic E-state index is -4.56. The summed E-state index contributed by atoms with van der Waals surface area (Å²) in [6, 6.07) is 3.61. The summed E-state index contributed by atoms with van der Waals surface area (Å²) < 4.78 is 69.0. The molecule has 2 aromatic heterocycles. The molecule has 0 bridgehead atoms. The highest BCUT2D eigenvalue weighted by Crippen LogP contribution is 2.28. The van der Waals surface area contributed by atoms with Crippen molar-refractivity contribution in [3.05, 3.63) is 54.0 Å². The summed E-state index contributed by atoms with van der Waals surface area (Å²) in [6.07, 6.45) is -2.41. The molecule has 3 rings (SSSR count). The highest BCUT2D eigenvalue weighted by Gasteiger charge is 2.32. The van der Waals surface area contributed by atoms with E-state index < -0.39 is 35.3 Å². The molecule has 2 heterocycles. The van der Waals surface area contributed by atoms with Crippen LogP contribution in [0.4, 0.5) is 27.6 Å². The summed E-state index contributed by atoms with van der Waals surface area (Å²) in [5, 5.41) is 4.68. The van der Waals surface area contributed by atoms with E-state index in [9.17, 15) is 31.5 Å². The molecular formula is C18H13F5N4O3. The first-order chi connectivity index (χ1) is 14.1. The molecule has 7 nitrogen and oxygen atoms in total. The number of rotatable bonds is 5. The van der Waals surface area contributed by atoms with Crippen molar-refractivity contribution in [2.45, 2.75) is 6.18 Å². The third-order valence-corrected chi connectivity index (χ3v) is 3.86. The molecule has 0 unspecified atom stereocenters. The second-order valence-electron chi connectivity index (χ2n) is 5.95. The molecule has 0 fully saturated rings. The number of H-pyrrole nitrogens is 1. The number of alkyl halides is 3. The fourth-order valence-corrected chi connectivity index (χ4v) is 2.45. The lowest BCUT2D eigenvalue weighted by Gasteiger charge is -2.09. The number of aromatic nitrogens is 2. The van der Waals surface area contributed by atoms with Crippen molar-refractivity contribution in [1.29, 1.82) is 0 Å². The number of anilines is 1. The minimum absolute atomic E-state index is 0.0507. The van der Waals surface area contributed by atoms with Gasteiger partial charge in [-0.15, -0.1) is 0 Å². The number of carbonyl (C=O) groups excluding carboxylic acids is 2. The third-order valence-electron chi connectivity index (χ3n) is 3.86. The van der Waals surface area contributed by atoms with Crippen LogP contribution in [0.15, 0.2) is 36.7 Å². The first-order valence-corrected chi connectivity index (χ1v) is 8.36. The summed E-state index contributed by atoms with van der Waals surface area (Å²) in [7, 11) is 0. The fraction of sp³-hybridized carbons (Fsp3) is 0.167. The summed E-state index contributed by atoms with van der Waals surface area (Å²) in [6.45, 7) is -0.259. The first-order valence-electron chi connectivity index (χ1n) is 8.36. The maximum atomic E-state index is 13.4. The molecule has 12 heteroatoms. The number of nitrogens with one attached hydrogen (secondary N) is 3. The van der Waals surface area contributed by atoms with Crippen LogP contribution in [0.1, 0.15) is 5.69 Å². The van der Waals surface area contributed by atoms with Gasteiger partial charge < -0.3 is 20.4 Å². The molecule has 3 aromatic rings. The van der Waals surface area contributed by atoms with Gasteiger partial charge in [0.1, 0.15) is 18.1 Å². The second-order valence-corrected chi connectivity index (χ2v) is 5.95. The zero-order chi connectivity index (χ0) is 21.9. The summed E-state index contributed by atoms with van der Waals surface area (Å²) in [5.41, 5.74) is -0.765. The number of halogens is 5. The molecular weight excluding hydrogens is 415 g/mol. The number of pyridine rings is 1. The zero-order valence-corrected chi connectivity index (χ0v) is 14.9. The van der Waals surface area contributed by atoms with Gasteiger partial charge in [-0.1, -0.05) is 0 Å². The Morgan fingerprint density at radius 2 is 1.83 bits per heavy atom. The van der Waals surface area contributed by atoms with Crippen LogP contribution in [-0.4, -0.2) is 34.9 Å². The molecule has 0 saturated carbocycles. The van der Waals surface area contributed by atoms with E-state index in [4.69, 9.17) is 4.74 Å². The molecule has 0 aliphatic carbocycles. The van der Waals surface area contributed by atoms with Crippen molar-refractivity contribution in [2.24, 2.45) is 0 Å². The Bertz CT molecular complexity index is 1080. The van der Waals surface area contributed by atoms with Gasteiger partial charge in [0.2, 0.25) is 0 Å². The van der Waals surface area contributed by atoms with Crippen LogP contribution in [0.2, 0.25) is 0 Å². The van der Waals surface area contributed by atoms with E-state index in [-0.39, 0.29) is 35.5 Å². The van der Waals surface area contributed by atoms with Crippen molar-refractivity contribution in [3.8, 4) is 5.75 Å². The van der Waals surface area contributed by atoms with Gasteiger partial charge in [0.15, 0.2) is 11.6 Å². The summed E-state index contributed by atoms with van der Waals surface area (Å²) in [4.78, 5) is 29.6. The molecule has 0 aliphatic heterocycles. The molecule has 0 aliphatic rings. The number of amides is 2. The number of nitrogens with zero attached hydrogens (tertiary/aromatic N) is 1. The number of benzene rings is 1. The van der Waals surface area contributed by atoms with Gasteiger partial charge in [0.05, 0.1) is 23.9 Å². The Kier molecular flexibility index (Phi) is 5.85. The summed E-state index contributed by atoms with van der Waals surface area (Å²) in [5.74, 6) is -4.21. The quantitative estimate of drug-likeness (QED) is 0.331. The normalized spacial score (nSPS) is 11.4. The smallest absolute Gasteiger partial charge is 0.433 e. The number of fused-ring (bicyclic) bond motifs is 1. The van der Waals surface area contributed by atoms with Crippen LogP contribution < -0.4 is 15.4 Å². The summed E-state index contributed by atoms with van der Waals surface area (Å²) >= 11 is 0. The highest BCUT2D eigenvalue weighted by molar-refractivity contribution is 6.40. The van der Waals surface area contributed by atoms with Crippen LogP contribution in [0.3, 0.4) is 0 Å². The van der Waals surface area contributed by atoms with E-state index in [1.165, 1.54) is 6.20 Å². The van der Waals surface area contributed by atoms with E-state index in [2.05, 4.69) is 20.6 Å². The molecule has 3 N–H and O–H groups in total. The lowest BCUT2D eigenvalue weighted by molar-refractivity contribution is -0.141. The number of hydrogen-bond acceptors (Lipinski definition) is 4. The molecule has 2 amide bonds. The van der Waals surface area contributed by atoms with E-state index in [0.717, 1.165) is 30.5 Å². The van der Waals surface area contributed by atoms with Crippen LogP contribution >= 0.6 is 0 Å². The Hall–Kier alpha value is -3.70. The highest BCUT2D eigenvalue weighted by atomic mass is 19.4. The lowest BCUT2D eigenvalue weighted by Crippen LogP contribution is -2.37. The van der Waals surface area contributed by atoms with Crippen molar-refractivity contribution in [1.82, 2.24) is 15.3 Å². The first kappa shape index (κ1) is 21.0. The molecule has 0 atom stereocenters. The average molecular weight is 428 g/mol. The predicted molar refractivity (Wildman–Crippen MR) is 94.6 cm³/mol. The lowest BCUT2D eigenvalue weighted by atomic mass is 10.2. The maximum Gasteiger partial charge on any atom is 0.433 e. The number of carbonyl (C=O) groups is 2. The Morgan fingerprint density at radius 1 is 1.10 bits per heavy atom. The predicted octanol–water partition coefficient (Wildman–Crippen LogP) is 2.99. The van der Waals surface area contributed by atoms with Crippen LogP contribution in [-0.2, 0) is 15.8 Å². The number of aromatic amines is 1. The van der Waals surface area contributed by atoms with Gasteiger partial charge in [0, 0.05) is 17.6 Å². The van der Waals surface area contributed by atoms with Crippen molar-refractivity contribution >= 4 is 28.4 Å². The molecule has 158 valence electrons. The van der Waals surface area contributed by atoms with Gasteiger partial charge in [-0.2, -0.15) is 13.2 Å². The fourth-order valence-electron chi connectivity index (χ4n) is 2.45. The molecule has 1 aromatic carbocycles. The monoisotopic (exact) mass is 428 g/mol. The average Bonchev–Trinajstić information content (AvgIpc) is 3.06. The van der Waals surface area contributed by atoms with Gasteiger partial charge in [-0.3, -0.25) is 9.59 Å². The Labute approximate surface area is 165 Å². The second kappa shape index (κ2) is 8.35. The molecule has 0 spiro atoms. The van der Waals surface area contributed by atoms with E-state index in [1.54, 1.807) is 0 Å². The van der Waals surface area contributed by atoms with Crippen molar-refractivity contribution < 1.29 is 36.3 Å². The standard InChI is InChI=1S/C18H13F5N4O3/c19-11-5-10-13(6-12(11)20)25-8-14(10)27-17(29)16(28)24-3-4-30-9-1-2-15(26-7-9)18(21,22)23/h1-2,5-8,25H,3-4H2,(H,24,28)(H,27,29). The van der Waals surface area contributed by atoms with Crippen molar-refractivity contribution in [3.63, 3.8) is 0 Å². The maximum absolute atomic E-state index is 13.4. The Balaban J connectivity index is 1.48. The van der Waals surface area contributed by atoms with Gasteiger partial charge in [0.25, 0.3) is 0 Å². The van der Waals surface area contributed by atoms with Gasteiger partial charge in [-0.25, -0.2) is 13.8 Å². The topological polar surface area (TPSA) is 96.1 Å². The van der Waals surface area contributed by atoms with Gasteiger partial charge in [-0.05, 0) is 18.2 Å². The SMILES string of the molecule is O=C(NCCOc1ccc(C(F)(F)F)nc1)C(=O)Nc1c[nH]c2cc(F)c(F)cc12. The van der Waals surface area contributed by atoms with E-state index in [0.29, 0.717) is 0 Å². The van der Waals surface area contributed by atoms with Crippen LogP contribution in [0.25, 0.3) is 10.9 Å². The number of hydrogen-bond donors (Lipinski definition) is 3. The zero-order valence-electron chi connectivity index (χ0n) is 14.9. The van der Waals surface area contributed by atoms with Crippen molar-refractivity contribution in [2.75, 3.05) is 18.5 Å². The largest absolute Gasteiger partial charge is 0.490 e. The van der Waals surface area contributed by atoms with E-state index >= 15 is 0 Å². The van der Waals surface area contributed by atoms with E-state index in [1.807, 2.05) is 0 Å². The third kappa shape index (κ3) is 4.82. The molecule has 0 radical (unpaired) electrons. The molecule has 30 heavy (non-hydrogen) atoms. The minimum Gasteiger partial charge on any atom is -0.490 e. The van der Waals surface area contributed by atoms with Gasteiger partial charge >= 0.3 is 18.0 Å². The number of ether oxygens (including phenoxy) is 1. The Morgan fingerprint density at radius 3 is 2.50 bits per heavy atom. The van der Waals surface area contributed by atoms with Crippen LogP contribution in [0.5, 0.6) is 5.75 Å².